The number of benzene rings is 3. The van der Waals surface area contributed by atoms with E-state index in [1.54, 1.807) is 46.2 Å². The molecule has 0 saturated carbocycles. The third kappa shape index (κ3) is 3.69. The number of amides is 3. The molecule has 0 radical (unpaired) electrons. The molecule has 2 heterocycles. The summed E-state index contributed by atoms with van der Waals surface area (Å²) in [5, 5.41) is 12.8. The van der Waals surface area contributed by atoms with Gasteiger partial charge in [-0.2, -0.15) is 5.26 Å². The zero-order chi connectivity index (χ0) is 23.9. The van der Waals surface area contributed by atoms with Crippen LogP contribution in [0.2, 0.25) is 5.02 Å². The lowest BCUT2D eigenvalue weighted by Gasteiger charge is -2.33. The first-order chi connectivity index (χ1) is 16.4. The minimum absolute atomic E-state index is 0.149. The quantitative estimate of drug-likeness (QED) is 0.528. The molecule has 1 atom stereocenters. The van der Waals surface area contributed by atoms with Crippen LogP contribution in [0.25, 0.3) is 0 Å². The molecule has 0 unspecified atom stereocenters. The third-order valence-electron chi connectivity index (χ3n) is 6.09. The van der Waals surface area contributed by atoms with Gasteiger partial charge in [0, 0.05) is 28.6 Å². The molecular weight excluding hydrogens is 468 g/mol. The fourth-order valence-corrected chi connectivity index (χ4v) is 6.11. The minimum Gasteiger partial charge on any atom is -0.308 e. The van der Waals surface area contributed by atoms with E-state index < -0.39 is 4.87 Å². The number of urea groups is 1. The lowest BCUT2D eigenvalue weighted by molar-refractivity contribution is -0.123. The smallest absolute Gasteiger partial charge is 0.308 e. The molecule has 0 aliphatic carbocycles. The number of carbonyl (C=O) groups excluding carboxylic acids is 2. The second-order valence-corrected chi connectivity index (χ2v) is 10.0. The van der Waals surface area contributed by atoms with Crippen LogP contribution in [0.5, 0.6) is 0 Å². The molecule has 1 fully saturated rings. The van der Waals surface area contributed by atoms with Gasteiger partial charge in [0.2, 0.25) is 0 Å². The highest BCUT2D eigenvalue weighted by atomic mass is 35.5. The van der Waals surface area contributed by atoms with Crippen molar-refractivity contribution in [2.45, 2.75) is 18.3 Å². The number of halogens is 1. The normalized spacial score (nSPS) is 18.8. The molecule has 0 bridgehead atoms. The first-order valence-electron chi connectivity index (χ1n) is 10.8. The Morgan fingerprint density at radius 3 is 2.74 bits per heavy atom. The maximum Gasteiger partial charge on any atom is 0.323 e. The summed E-state index contributed by atoms with van der Waals surface area (Å²) in [4.78, 5) is 29.7. The molecular formula is C26H21ClN4O2S. The van der Waals surface area contributed by atoms with Crippen LogP contribution in [0.1, 0.15) is 22.3 Å². The van der Waals surface area contributed by atoms with E-state index in [2.05, 4.69) is 11.4 Å². The maximum atomic E-state index is 14.1. The molecule has 5 rings (SSSR count). The number of hydrogen-bond donors (Lipinski definition) is 1. The highest BCUT2D eigenvalue weighted by Crippen LogP contribution is 2.54. The number of nitrogens with zero attached hydrogens (tertiary/aromatic N) is 3. The van der Waals surface area contributed by atoms with Crippen molar-refractivity contribution in [1.29, 1.82) is 5.26 Å². The minimum atomic E-state index is -1.13. The Hall–Kier alpha value is -3.47. The molecule has 2 aliphatic rings. The van der Waals surface area contributed by atoms with Gasteiger partial charge in [-0.15, -0.1) is 11.8 Å². The summed E-state index contributed by atoms with van der Waals surface area (Å²) in [6.45, 7) is 2.75. The van der Waals surface area contributed by atoms with Crippen molar-refractivity contribution in [3.63, 3.8) is 0 Å². The van der Waals surface area contributed by atoms with Gasteiger partial charge in [-0.05, 0) is 55.0 Å². The number of nitrogens with one attached hydrogen (secondary N) is 1. The lowest BCUT2D eigenvalue weighted by Crippen LogP contribution is -2.51. The van der Waals surface area contributed by atoms with Crippen molar-refractivity contribution in [1.82, 2.24) is 4.90 Å². The van der Waals surface area contributed by atoms with E-state index in [4.69, 9.17) is 11.6 Å². The highest BCUT2D eigenvalue weighted by molar-refractivity contribution is 8.01. The van der Waals surface area contributed by atoms with Gasteiger partial charge in [0.25, 0.3) is 5.91 Å². The summed E-state index contributed by atoms with van der Waals surface area (Å²) in [7, 11) is 0. The van der Waals surface area contributed by atoms with Crippen molar-refractivity contribution in [3.05, 3.63) is 94.0 Å². The van der Waals surface area contributed by atoms with Crippen molar-refractivity contribution in [2.75, 3.05) is 22.5 Å². The van der Waals surface area contributed by atoms with Gasteiger partial charge in [-0.25, -0.2) is 4.79 Å². The topological polar surface area (TPSA) is 76.4 Å². The van der Waals surface area contributed by atoms with E-state index in [-0.39, 0.29) is 11.9 Å². The molecule has 8 heteroatoms. The van der Waals surface area contributed by atoms with E-state index in [0.29, 0.717) is 35.1 Å². The average molecular weight is 489 g/mol. The van der Waals surface area contributed by atoms with Crippen LogP contribution in [0, 0.1) is 18.3 Å². The summed E-state index contributed by atoms with van der Waals surface area (Å²) < 4.78 is 0. The van der Waals surface area contributed by atoms with Crippen molar-refractivity contribution >= 4 is 46.7 Å². The average Bonchev–Trinajstić information content (AvgIpc) is 3.38. The van der Waals surface area contributed by atoms with Gasteiger partial charge >= 0.3 is 6.03 Å². The summed E-state index contributed by atoms with van der Waals surface area (Å²) in [5.74, 6) is 0.495. The van der Waals surface area contributed by atoms with E-state index in [1.165, 1.54) is 11.8 Å². The standard InChI is InChI=1S/C26H21ClN4O2S/c1-17-5-10-23-22(13-17)26(24(32)30(23)16-19-4-2-3-18(14-19)15-28)31(11-12-34-26)25(33)29-21-8-6-20(27)7-9-21/h2-10,13-14H,11-12,16H2,1H3,(H,29,33)/t26-/m1/s1. The van der Waals surface area contributed by atoms with Crippen LogP contribution in [-0.4, -0.2) is 29.1 Å². The van der Waals surface area contributed by atoms with Gasteiger partial charge in [0.15, 0.2) is 4.87 Å². The third-order valence-corrected chi connectivity index (χ3v) is 7.76. The summed E-state index contributed by atoms with van der Waals surface area (Å²) in [6.07, 6.45) is 0. The van der Waals surface area contributed by atoms with Crippen LogP contribution in [0.3, 0.4) is 0 Å². The van der Waals surface area contributed by atoms with Gasteiger partial charge < -0.3 is 10.2 Å². The zero-order valence-electron chi connectivity index (χ0n) is 18.4. The first-order valence-corrected chi connectivity index (χ1v) is 12.2. The van der Waals surface area contributed by atoms with Crippen LogP contribution >= 0.6 is 23.4 Å². The van der Waals surface area contributed by atoms with Crippen LogP contribution in [-0.2, 0) is 16.2 Å². The van der Waals surface area contributed by atoms with Gasteiger partial charge in [-0.1, -0.05) is 41.4 Å². The molecule has 3 aromatic rings. The zero-order valence-corrected chi connectivity index (χ0v) is 20.0. The Balaban J connectivity index is 1.53. The molecule has 34 heavy (non-hydrogen) atoms. The molecule has 3 aromatic carbocycles. The lowest BCUT2D eigenvalue weighted by atomic mass is 10.0. The van der Waals surface area contributed by atoms with Crippen LogP contribution < -0.4 is 10.2 Å². The van der Waals surface area contributed by atoms with Gasteiger partial charge in [0.05, 0.1) is 23.9 Å². The summed E-state index contributed by atoms with van der Waals surface area (Å²) in [5.41, 5.74) is 4.64. The largest absolute Gasteiger partial charge is 0.323 e. The molecule has 1 saturated heterocycles. The fraction of sp³-hybridized carbons (Fsp3) is 0.192. The molecule has 6 nitrogen and oxygen atoms in total. The number of carbonyl (C=O) groups is 2. The van der Waals surface area contributed by atoms with E-state index in [1.807, 2.05) is 37.3 Å². The Kier molecular flexibility index (Phi) is 5.72. The molecule has 2 aliphatic heterocycles. The number of aryl methyl sites for hydroxylation is 1. The van der Waals surface area contributed by atoms with Crippen molar-refractivity contribution in [3.8, 4) is 6.07 Å². The molecule has 1 spiro atoms. The molecule has 1 N–H and O–H groups in total. The number of nitriles is 1. The van der Waals surface area contributed by atoms with Crippen LogP contribution in [0.4, 0.5) is 16.2 Å². The van der Waals surface area contributed by atoms with E-state index >= 15 is 0 Å². The van der Waals surface area contributed by atoms with Gasteiger partial charge in [-0.3, -0.25) is 9.69 Å². The Bertz CT molecular complexity index is 1340. The monoisotopic (exact) mass is 488 g/mol. The van der Waals surface area contributed by atoms with E-state index in [9.17, 15) is 14.9 Å². The predicted molar refractivity (Wildman–Crippen MR) is 135 cm³/mol. The number of rotatable bonds is 3. The second kappa shape index (κ2) is 8.71. The predicted octanol–water partition coefficient (Wildman–Crippen LogP) is 5.50. The molecule has 170 valence electrons. The molecule has 0 aromatic heterocycles. The number of hydrogen-bond acceptors (Lipinski definition) is 4. The SMILES string of the molecule is Cc1ccc2c(c1)[C@@]1(SCCN1C(=O)Nc1ccc(Cl)cc1)C(=O)N2Cc1cccc(C#N)c1. The summed E-state index contributed by atoms with van der Waals surface area (Å²) >= 11 is 7.45. The summed E-state index contributed by atoms with van der Waals surface area (Å²) in [6, 6.07) is 21.9. The Morgan fingerprint density at radius 1 is 1.18 bits per heavy atom. The highest BCUT2D eigenvalue weighted by Gasteiger charge is 2.59. The maximum absolute atomic E-state index is 14.1. The van der Waals surface area contributed by atoms with Crippen molar-refractivity contribution < 1.29 is 9.59 Å². The Labute approximate surface area is 207 Å². The number of anilines is 2. The number of thioether (sulfide) groups is 1. The fourth-order valence-electron chi connectivity index (χ4n) is 4.53. The number of fused-ring (bicyclic) bond motifs is 2. The van der Waals surface area contributed by atoms with Gasteiger partial charge in [0.1, 0.15) is 0 Å². The Morgan fingerprint density at radius 2 is 1.97 bits per heavy atom. The van der Waals surface area contributed by atoms with Crippen LogP contribution in [0.15, 0.2) is 66.7 Å². The van der Waals surface area contributed by atoms with Crippen molar-refractivity contribution in [2.24, 2.45) is 0 Å². The second-order valence-electron chi connectivity index (χ2n) is 8.31. The first kappa shape index (κ1) is 22.3. The van der Waals surface area contributed by atoms with E-state index in [0.717, 1.165) is 22.4 Å². The molecule has 3 amide bonds.